The van der Waals surface area contributed by atoms with Gasteiger partial charge in [-0.1, -0.05) is 296 Å². The number of phosphoric ester groups is 1. The second-order valence-electron chi connectivity index (χ2n) is 22.1. The van der Waals surface area contributed by atoms with Crippen molar-refractivity contribution in [2.24, 2.45) is 0 Å². The van der Waals surface area contributed by atoms with Gasteiger partial charge in [-0.25, -0.2) is 4.57 Å². The summed E-state index contributed by atoms with van der Waals surface area (Å²) in [4.78, 5) is 23.1. The highest BCUT2D eigenvalue weighted by molar-refractivity contribution is 7.47. The molecule has 68 heavy (non-hydrogen) atoms. The summed E-state index contributed by atoms with van der Waals surface area (Å²) < 4.78 is 35.3. The molecular weight excluding hydrogens is 866 g/mol. The van der Waals surface area contributed by atoms with Crippen LogP contribution in [0.15, 0.2) is 0 Å². The maximum atomic E-state index is 12.8. The van der Waals surface area contributed by atoms with E-state index < -0.39 is 13.9 Å². The molecule has 2 atom stereocenters. The van der Waals surface area contributed by atoms with Crippen molar-refractivity contribution in [2.75, 3.05) is 54.1 Å². The zero-order chi connectivity index (χ0) is 49.8. The third-order valence-electron chi connectivity index (χ3n) is 13.9. The summed E-state index contributed by atoms with van der Waals surface area (Å²) in [5.74, 6) is -0.302. The number of hydrogen-bond donors (Lipinski definition) is 1. The molecular formula is C59H121NO7P+. The second-order valence-corrected chi connectivity index (χ2v) is 23.6. The summed E-state index contributed by atoms with van der Waals surface area (Å²) >= 11 is 0. The first-order valence-electron chi connectivity index (χ1n) is 30.3. The Bertz CT molecular complexity index is 1050. The van der Waals surface area contributed by atoms with Crippen molar-refractivity contribution in [1.82, 2.24) is 0 Å². The van der Waals surface area contributed by atoms with E-state index in [1.54, 1.807) is 0 Å². The number of quaternary nitrogens is 1. The number of likely N-dealkylation sites (N-methyl/N-ethyl adjacent to an activating group) is 1. The van der Waals surface area contributed by atoms with Crippen LogP contribution in [0, 0.1) is 0 Å². The normalized spacial score (nSPS) is 13.3. The molecule has 0 aromatic carbocycles. The smallest absolute Gasteiger partial charge is 0.457 e. The lowest BCUT2D eigenvalue weighted by atomic mass is 10.0. The fourth-order valence-electron chi connectivity index (χ4n) is 9.26. The molecule has 0 radical (unpaired) electrons. The molecule has 9 heteroatoms. The summed E-state index contributed by atoms with van der Waals surface area (Å²) in [6.45, 7) is 5.73. The predicted molar refractivity (Wildman–Crippen MR) is 294 cm³/mol. The number of rotatable bonds is 58. The third-order valence-corrected chi connectivity index (χ3v) is 14.9. The van der Waals surface area contributed by atoms with Gasteiger partial charge in [0.25, 0.3) is 0 Å². The monoisotopic (exact) mass is 987 g/mol. The fraction of sp³-hybridized carbons (Fsp3) is 0.983. The molecule has 0 aliphatic carbocycles. The van der Waals surface area contributed by atoms with E-state index in [0.717, 1.165) is 32.1 Å². The van der Waals surface area contributed by atoms with Crippen molar-refractivity contribution >= 4 is 13.8 Å². The number of nitrogens with zero attached hydrogens (tertiary/aromatic N) is 1. The molecule has 1 N–H and O–H groups in total. The first-order chi connectivity index (χ1) is 33.1. The summed E-state index contributed by atoms with van der Waals surface area (Å²) in [6, 6.07) is 0. The number of phosphoric acid groups is 1. The molecule has 0 aromatic heterocycles. The minimum absolute atomic E-state index is 0.0945. The summed E-state index contributed by atoms with van der Waals surface area (Å²) in [6.07, 6.45) is 61.8. The van der Waals surface area contributed by atoms with Gasteiger partial charge in [-0.15, -0.1) is 0 Å². The van der Waals surface area contributed by atoms with Crippen LogP contribution < -0.4 is 0 Å². The quantitative estimate of drug-likeness (QED) is 0.0281. The lowest BCUT2D eigenvalue weighted by molar-refractivity contribution is -0.870. The zero-order valence-electron chi connectivity index (χ0n) is 46.6. The van der Waals surface area contributed by atoms with Gasteiger partial charge >= 0.3 is 13.8 Å². The average molecular weight is 988 g/mol. The Balaban J connectivity index is 3.96. The SMILES string of the molecule is CCCCCCCCCCCCCCCCCCCCCCCCCCCCOCC(COP(=O)(O)OCC[N+](C)(C)C)OC(=O)CCCCCCCCCCCCCCCCCCCCCC. The lowest BCUT2D eigenvalue weighted by Crippen LogP contribution is -2.37. The van der Waals surface area contributed by atoms with Crippen LogP contribution in [-0.4, -0.2) is 75.6 Å². The first kappa shape index (κ1) is 67.5. The van der Waals surface area contributed by atoms with Crippen LogP contribution in [0.4, 0.5) is 0 Å². The summed E-state index contributed by atoms with van der Waals surface area (Å²) in [5, 5.41) is 0. The number of carbonyl (C=O) groups is 1. The van der Waals surface area contributed by atoms with E-state index in [-0.39, 0.29) is 25.8 Å². The van der Waals surface area contributed by atoms with E-state index in [1.165, 1.54) is 263 Å². The maximum absolute atomic E-state index is 12.8. The Hall–Kier alpha value is -0.500. The van der Waals surface area contributed by atoms with E-state index >= 15 is 0 Å². The molecule has 0 aromatic rings. The number of esters is 1. The van der Waals surface area contributed by atoms with Gasteiger partial charge in [0, 0.05) is 13.0 Å². The summed E-state index contributed by atoms with van der Waals surface area (Å²) in [5.41, 5.74) is 0. The molecule has 2 unspecified atom stereocenters. The van der Waals surface area contributed by atoms with Crippen molar-refractivity contribution in [3.8, 4) is 0 Å². The Morgan fingerprint density at radius 3 is 0.971 bits per heavy atom. The first-order valence-corrected chi connectivity index (χ1v) is 31.8. The minimum atomic E-state index is -4.28. The summed E-state index contributed by atoms with van der Waals surface area (Å²) in [7, 11) is 1.70. The highest BCUT2D eigenvalue weighted by atomic mass is 31.2. The number of carbonyl (C=O) groups excluding carboxylic acids is 1. The molecule has 0 rings (SSSR count). The van der Waals surface area contributed by atoms with Gasteiger partial charge < -0.3 is 18.9 Å². The molecule has 0 amide bonds. The Kier molecular flexibility index (Phi) is 52.4. The van der Waals surface area contributed by atoms with Crippen molar-refractivity contribution in [2.45, 2.75) is 322 Å². The minimum Gasteiger partial charge on any atom is -0.457 e. The van der Waals surface area contributed by atoms with E-state index in [9.17, 15) is 14.3 Å². The standard InChI is InChI=1S/C59H120NO7P/c1-6-8-10-12-14-16-18-20-22-24-26-28-29-30-31-32-33-35-37-39-41-43-45-47-49-51-54-64-56-58(57-66-68(62,63)65-55-53-60(3,4)5)67-59(61)52-50-48-46-44-42-40-38-36-34-27-25-23-21-19-17-15-13-11-9-7-2/h58H,6-57H2,1-5H3/p+1. The Morgan fingerprint density at radius 2 is 0.676 bits per heavy atom. The lowest BCUT2D eigenvalue weighted by Gasteiger charge is -2.24. The number of ether oxygens (including phenoxy) is 2. The molecule has 0 heterocycles. The van der Waals surface area contributed by atoms with E-state index in [0.29, 0.717) is 24.1 Å². The largest absolute Gasteiger partial charge is 0.472 e. The van der Waals surface area contributed by atoms with Crippen LogP contribution in [0.2, 0.25) is 0 Å². The van der Waals surface area contributed by atoms with Gasteiger partial charge in [-0.2, -0.15) is 0 Å². The Labute approximate surface area is 425 Å². The third kappa shape index (κ3) is 56.4. The Morgan fingerprint density at radius 1 is 0.397 bits per heavy atom. The highest BCUT2D eigenvalue weighted by Crippen LogP contribution is 2.43. The van der Waals surface area contributed by atoms with E-state index in [1.807, 2.05) is 21.1 Å². The molecule has 0 fully saturated rings. The molecule has 0 aliphatic rings. The topological polar surface area (TPSA) is 91.3 Å². The van der Waals surface area contributed by atoms with E-state index in [2.05, 4.69) is 13.8 Å². The molecule has 0 aliphatic heterocycles. The molecule has 0 saturated heterocycles. The van der Waals surface area contributed by atoms with Crippen LogP contribution in [-0.2, 0) is 27.9 Å². The van der Waals surface area contributed by atoms with Crippen molar-refractivity contribution < 1.29 is 37.3 Å². The number of hydrogen-bond acceptors (Lipinski definition) is 6. The zero-order valence-corrected chi connectivity index (χ0v) is 47.5. The van der Waals surface area contributed by atoms with Gasteiger partial charge in [0.2, 0.25) is 0 Å². The van der Waals surface area contributed by atoms with Gasteiger partial charge in [0.15, 0.2) is 0 Å². The predicted octanol–water partition coefficient (Wildman–Crippen LogP) is 19.1. The highest BCUT2D eigenvalue weighted by Gasteiger charge is 2.26. The second kappa shape index (κ2) is 52.8. The van der Waals surface area contributed by atoms with Crippen LogP contribution >= 0.6 is 7.82 Å². The molecule has 408 valence electrons. The van der Waals surface area contributed by atoms with Crippen LogP contribution in [0.5, 0.6) is 0 Å². The van der Waals surface area contributed by atoms with Gasteiger partial charge in [0.05, 0.1) is 34.4 Å². The average Bonchev–Trinajstić information content (AvgIpc) is 3.30. The van der Waals surface area contributed by atoms with Crippen molar-refractivity contribution in [3.63, 3.8) is 0 Å². The van der Waals surface area contributed by atoms with Crippen LogP contribution in [0.1, 0.15) is 316 Å². The van der Waals surface area contributed by atoms with Gasteiger partial charge in [0.1, 0.15) is 19.3 Å². The van der Waals surface area contributed by atoms with Crippen molar-refractivity contribution in [3.05, 3.63) is 0 Å². The van der Waals surface area contributed by atoms with Crippen LogP contribution in [0.3, 0.4) is 0 Å². The maximum Gasteiger partial charge on any atom is 0.472 e. The molecule has 0 spiro atoms. The molecule has 0 saturated carbocycles. The van der Waals surface area contributed by atoms with Crippen molar-refractivity contribution in [1.29, 1.82) is 0 Å². The molecule has 0 bridgehead atoms. The molecule has 8 nitrogen and oxygen atoms in total. The van der Waals surface area contributed by atoms with E-state index in [4.69, 9.17) is 18.5 Å². The van der Waals surface area contributed by atoms with Gasteiger partial charge in [-0.3, -0.25) is 13.8 Å². The number of unbranched alkanes of at least 4 members (excludes halogenated alkanes) is 44. The van der Waals surface area contributed by atoms with Crippen LogP contribution in [0.25, 0.3) is 0 Å². The van der Waals surface area contributed by atoms with Gasteiger partial charge in [-0.05, 0) is 12.8 Å². The fourth-order valence-corrected chi connectivity index (χ4v) is 10.0.